The molecule has 0 heterocycles. The number of anilines is 1. The van der Waals surface area contributed by atoms with Gasteiger partial charge < -0.3 is 15.5 Å². The first-order valence-electron chi connectivity index (χ1n) is 7.16. The number of halogens is 2. The number of nitrogens with zero attached hydrogens (tertiary/aromatic N) is 1. The van der Waals surface area contributed by atoms with E-state index in [4.69, 9.17) is 23.2 Å². The molecule has 0 saturated heterocycles. The number of nitrogens with one attached hydrogen (secondary N) is 2. The first-order valence-corrected chi connectivity index (χ1v) is 7.91. The fraction of sp³-hybridized carbons (Fsp3) is 0.600. The summed E-state index contributed by atoms with van der Waals surface area (Å²) in [4.78, 5) is 2.20. The van der Waals surface area contributed by atoms with E-state index < -0.39 is 0 Å². The first-order chi connectivity index (χ1) is 9.56. The third-order valence-corrected chi connectivity index (χ3v) is 4.49. The highest BCUT2D eigenvalue weighted by molar-refractivity contribution is 6.42. The van der Waals surface area contributed by atoms with Crippen LogP contribution in [0.2, 0.25) is 10.0 Å². The molecule has 3 nitrogen and oxygen atoms in total. The molecule has 0 amide bonds. The number of hydrogen-bond donors (Lipinski definition) is 2. The van der Waals surface area contributed by atoms with Crippen molar-refractivity contribution < 1.29 is 0 Å². The topological polar surface area (TPSA) is 27.3 Å². The third kappa shape index (κ3) is 4.52. The van der Waals surface area contributed by atoms with Crippen molar-refractivity contribution in [1.82, 2.24) is 10.2 Å². The molecule has 1 aliphatic rings. The summed E-state index contributed by atoms with van der Waals surface area (Å²) in [7, 11) is 4.20. The Kier molecular flexibility index (Phi) is 5.97. The smallest absolute Gasteiger partial charge is 0.0612 e. The predicted molar refractivity (Wildman–Crippen MR) is 88.1 cm³/mol. The van der Waals surface area contributed by atoms with Gasteiger partial charge in [-0.2, -0.15) is 0 Å². The predicted octanol–water partition coefficient (Wildman–Crippen LogP) is 3.48. The van der Waals surface area contributed by atoms with Gasteiger partial charge >= 0.3 is 0 Å². The standard InChI is InChI=1S/C15H23Cl2N3/c1-20(2)9-8-18-14-4-3-5-15(14)19-11-6-7-12(16)13(17)10-11/h6-7,10,14-15,18-19H,3-5,8-9H2,1-2H3/t14-,15-/m1/s1. The lowest BCUT2D eigenvalue weighted by Crippen LogP contribution is -2.42. The largest absolute Gasteiger partial charge is 0.381 e. The van der Waals surface area contributed by atoms with E-state index >= 15 is 0 Å². The summed E-state index contributed by atoms with van der Waals surface area (Å²) in [6.45, 7) is 2.09. The molecule has 1 fully saturated rings. The summed E-state index contributed by atoms with van der Waals surface area (Å²) in [5.41, 5.74) is 1.05. The molecule has 0 radical (unpaired) electrons. The second-order valence-electron chi connectivity index (χ2n) is 5.67. The molecule has 1 aromatic carbocycles. The van der Waals surface area contributed by atoms with E-state index in [2.05, 4.69) is 29.6 Å². The van der Waals surface area contributed by atoms with E-state index in [0.29, 0.717) is 22.1 Å². The van der Waals surface area contributed by atoms with Crippen LogP contribution in [-0.4, -0.2) is 44.2 Å². The summed E-state index contributed by atoms with van der Waals surface area (Å²) in [6, 6.07) is 6.73. The SMILES string of the molecule is CN(C)CCN[C@@H]1CCC[C@H]1Nc1ccc(Cl)c(Cl)c1. The first kappa shape index (κ1) is 15.9. The van der Waals surface area contributed by atoms with Gasteiger partial charge in [-0.1, -0.05) is 23.2 Å². The summed E-state index contributed by atoms with van der Waals surface area (Å²) >= 11 is 12.0. The molecule has 5 heteroatoms. The van der Waals surface area contributed by atoms with Gasteiger partial charge in [-0.3, -0.25) is 0 Å². The Bertz CT molecular complexity index is 437. The van der Waals surface area contributed by atoms with Crippen LogP contribution in [-0.2, 0) is 0 Å². The fourth-order valence-electron chi connectivity index (χ4n) is 2.65. The monoisotopic (exact) mass is 315 g/mol. The van der Waals surface area contributed by atoms with Gasteiger partial charge in [-0.05, 0) is 51.6 Å². The van der Waals surface area contributed by atoms with Crippen molar-refractivity contribution in [3.05, 3.63) is 28.2 Å². The lowest BCUT2D eigenvalue weighted by Gasteiger charge is -2.24. The average molecular weight is 316 g/mol. The van der Waals surface area contributed by atoms with E-state index in [1.165, 1.54) is 19.3 Å². The van der Waals surface area contributed by atoms with Crippen molar-refractivity contribution in [2.75, 3.05) is 32.5 Å². The number of hydrogen-bond acceptors (Lipinski definition) is 3. The molecule has 0 unspecified atom stereocenters. The van der Waals surface area contributed by atoms with Crippen LogP contribution in [0.4, 0.5) is 5.69 Å². The Labute approximate surface area is 131 Å². The summed E-state index contributed by atoms with van der Waals surface area (Å²) in [5, 5.41) is 8.43. The van der Waals surface area contributed by atoms with Gasteiger partial charge in [0.05, 0.1) is 10.0 Å². The van der Waals surface area contributed by atoms with Gasteiger partial charge in [0.2, 0.25) is 0 Å². The number of rotatable bonds is 6. The Balaban J connectivity index is 1.88. The minimum atomic E-state index is 0.467. The van der Waals surface area contributed by atoms with Crippen LogP contribution in [0, 0.1) is 0 Å². The number of likely N-dealkylation sites (N-methyl/N-ethyl adjacent to an activating group) is 1. The van der Waals surface area contributed by atoms with E-state index in [1.807, 2.05) is 18.2 Å². The summed E-state index contributed by atoms with van der Waals surface area (Å²) < 4.78 is 0. The van der Waals surface area contributed by atoms with Gasteiger partial charge in [0.1, 0.15) is 0 Å². The van der Waals surface area contributed by atoms with Crippen molar-refractivity contribution in [3.63, 3.8) is 0 Å². The molecule has 20 heavy (non-hydrogen) atoms. The van der Waals surface area contributed by atoms with E-state index in [-0.39, 0.29) is 0 Å². The van der Waals surface area contributed by atoms with Crippen molar-refractivity contribution in [2.45, 2.75) is 31.3 Å². The highest BCUT2D eigenvalue weighted by Gasteiger charge is 2.26. The zero-order valence-electron chi connectivity index (χ0n) is 12.1. The van der Waals surface area contributed by atoms with Crippen LogP contribution in [0.3, 0.4) is 0 Å². The maximum Gasteiger partial charge on any atom is 0.0612 e. The molecule has 1 aromatic rings. The normalized spacial score (nSPS) is 22.4. The Morgan fingerprint density at radius 2 is 1.90 bits per heavy atom. The van der Waals surface area contributed by atoms with Crippen molar-refractivity contribution in [1.29, 1.82) is 0 Å². The van der Waals surface area contributed by atoms with E-state index in [1.54, 1.807) is 0 Å². The Morgan fingerprint density at radius 1 is 1.15 bits per heavy atom. The molecule has 1 aliphatic carbocycles. The molecular formula is C15H23Cl2N3. The molecule has 2 atom stereocenters. The minimum absolute atomic E-state index is 0.467. The van der Waals surface area contributed by atoms with Crippen LogP contribution in [0.1, 0.15) is 19.3 Å². The van der Waals surface area contributed by atoms with Crippen LogP contribution in [0.5, 0.6) is 0 Å². The average Bonchev–Trinajstić information content (AvgIpc) is 2.81. The van der Waals surface area contributed by atoms with Gasteiger partial charge in [0.25, 0.3) is 0 Å². The van der Waals surface area contributed by atoms with Crippen LogP contribution >= 0.6 is 23.2 Å². The zero-order chi connectivity index (χ0) is 14.5. The lowest BCUT2D eigenvalue weighted by molar-refractivity contribution is 0.379. The van der Waals surface area contributed by atoms with Crippen LogP contribution < -0.4 is 10.6 Å². The third-order valence-electron chi connectivity index (χ3n) is 3.75. The summed E-state index contributed by atoms with van der Waals surface area (Å²) in [6.07, 6.45) is 3.69. The molecule has 0 aliphatic heterocycles. The molecular weight excluding hydrogens is 293 g/mol. The second kappa shape index (κ2) is 7.51. The molecule has 2 rings (SSSR count). The molecule has 112 valence electrons. The lowest BCUT2D eigenvalue weighted by atomic mass is 10.1. The Morgan fingerprint density at radius 3 is 2.60 bits per heavy atom. The molecule has 0 spiro atoms. The zero-order valence-corrected chi connectivity index (χ0v) is 13.6. The highest BCUT2D eigenvalue weighted by atomic mass is 35.5. The Hall–Kier alpha value is -0.480. The highest BCUT2D eigenvalue weighted by Crippen LogP contribution is 2.28. The van der Waals surface area contributed by atoms with Gasteiger partial charge in [-0.15, -0.1) is 0 Å². The summed E-state index contributed by atoms with van der Waals surface area (Å²) in [5.74, 6) is 0. The maximum absolute atomic E-state index is 6.06. The van der Waals surface area contributed by atoms with Crippen molar-refractivity contribution >= 4 is 28.9 Å². The number of benzene rings is 1. The fourth-order valence-corrected chi connectivity index (χ4v) is 2.95. The second-order valence-corrected chi connectivity index (χ2v) is 6.49. The van der Waals surface area contributed by atoms with Gasteiger partial charge in [0.15, 0.2) is 0 Å². The van der Waals surface area contributed by atoms with Crippen LogP contribution in [0.25, 0.3) is 0 Å². The molecule has 0 aromatic heterocycles. The van der Waals surface area contributed by atoms with Gasteiger partial charge in [-0.25, -0.2) is 0 Å². The van der Waals surface area contributed by atoms with Crippen LogP contribution in [0.15, 0.2) is 18.2 Å². The van der Waals surface area contributed by atoms with E-state index in [9.17, 15) is 0 Å². The minimum Gasteiger partial charge on any atom is -0.381 e. The van der Waals surface area contributed by atoms with Crippen molar-refractivity contribution in [2.24, 2.45) is 0 Å². The van der Waals surface area contributed by atoms with Crippen molar-refractivity contribution in [3.8, 4) is 0 Å². The quantitative estimate of drug-likeness (QED) is 0.841. The molecule has 1 saturated carbocycles. The maximum atomic E-state index is 6.06. The van der Waals surface area contributed by atoms with Gasteiger partial charge in [0, 0.05) is 30.9 Å². The molecule has 2 N–H and O–H groups in total. The molecule has 0 bridgehead atoms. The van der Waals surface area contributed by atoms with E-state index in [0.717, 1.165) is 18.8 Å².